The molecule has 0 saturated carbocycles. The lowest BCUT2D eigenvalue weighted by molar-refractivity contribution is -0.120. The van der Waals surface area contributed by atoms with Crippen molar-refractivity contribution in [2.75, 3.05) is 13.1 Å². The van der Waals surface area contributed by atoms with Gasteiger partial charge in [0.05, 0.1) is 6.54 Å². The van der Waals surface area contributed by atoms with Gasteiger partial charge in [-0.15, -0.1) is 0 Å². The molecule has 0 saturated heterocycles. The summed E-state index contributed by atoms with van der Waals surface area (Å²) in [5.41, 5.74) is 1.56. The summed E-state index contributed by atoms with van der Waals surface area (Å²) in [5.74, 6) is -0.235. The fourth-order valence-electron chi connectivity index (χ4n) is 2.15. The molecule has 0 aliphatic rings. The van der Waals surface area contributed by atoms with Gasteiger partial charge in [0, 0.05) is 12.1 Å². The summed E-state index contributed by atoms with van der Waals surface area (Å²) >= 11 is 0. The fourth-order valence-corrected chi connectivity index (χ4v) is 2.15. The quantitative estimate of drug-likeness (QED) is 0.683. The molecular weight excluding hydrogens is 292 g/mol. The van der Waals surface area contributed by atoms with Crippen LogP contribution in [0.5, 0.6) is 5.75 Å². The third kappa shape index (κ3) is 5.82. The highest BCUT2D eigenvalue weighted by Gasteiger charge is 2.06. The number of aryl methyl sites for hydroxylation is 1. The van der Waals surface area contributed by atoms with Crippen LogP contribution in [0.25, 0.3) is 0 Å². The Bertz CT molecular complexity index is 656. The molecule has 0 spiro atoms. The molecular formula is C18H20N2O3. The van der Waals surface area contributed by atoms with E-state index in [4.69, 9.17) is 0 Å². The highest BCUT2D eigenvalue weighted by Crippen LogP contribution is 2.11. The Kier molecular flexibility index (Phi) is 6.17. The van der Waals surface area contributed by atoms with Gasteiger partial charge in [0.15, 0.2) is 0 Å². The van der Waals surface area contributed by atoms with Crippen molar-refractivity contribution in [3.8, 4) is 5.75 Å². The average Bonchev–Trinajstić information content (AvgIpc) is 2.57. The topological polar surface area (TPSA) is 78.4 Å². The van der Waals surface area contributed by atoms with E-state index < -0.39 is 0 Å². The summed E-state index contributed by atoms with van der Waals surface area (Å²) < 4.78 is 0. The number of phenols is 1. The van der Waals surface area contributed by atoms with Crippen LogP contribution in [0.15, 0.2) is 54.6 Å². The fraction of sp³-hybridized carbons (Fsp3) is 0.222. The van der Waals surface area contributed by atoms with Gasteiger partial charge in [-0.3, -0.25) is 9.59 Å². The zero-order chi connectivity index (χ0) is 16.5. The minimum Gasteiger partial charge on any atom is -0.508 e. The Morgan fingerprint density at radius 3 is 2.48 bits per heavy atom. The van der Waals surface area contributed by atoms with Crippen LogP contribution in [-0.2, 0) is 11.2 Å². The Morgan fingerprint density at radius 2 is 1.74 bits per heavy atom. The minimum absolute atomic E-state index is 0.0418. The molecule has 3 N–H and O–H groups in total. The van der Waals surface area contributed by atoms with Crippen molar-refractivity contribution < 1.29 is 14.7 Å². The predicted octanol–water partition coefficient (Wildman–Crippen LogP) is 1.87. The number of hydrogen-bond donors (Lipinski definition) is 3. The highest BCUT2D eigenvalue weighted by atomic mass is 16.3. The number of nitrogens with one attached hydrogen (secondary N) is 2. The average molecular weight is 312 g/mol. The monoisotopic (exact) mass is 312 g/mol. The molecule has 2 amide bonds. The van der Waals surface area contributed by atoms with Crippen LogP contribution in [0, 0.1) is 0 Å². The van der Waals surface area contributed by atoms with Gasteiger partial charge in [-0.25, -0.2) is 0 Å². The zero-order valence-corrected chi connectivity index (χ0v) is 12.8. The molecule has 2 aromatic rings. The Balaban J connectivity index is 1.63. The van der Waals surface area contributed by atoms with E-state index >= 15 is 0 Å². The first-order chi connectivity index (χ1) is 11.1. The van der Waals surface area contributed by atoms with Gasteiger partial charge < -0.3 is 15.7 Å². The lowest BCUT2D eigenvalue weighted by Crippen LogP contribution is -2.37. The van der Waals surface area contributed by atoms with Crippen LogP contribution in [-0.4, -0.2) is 30.0 Å². The number of hydrogen-bond acceptors (Lipinski definition) is 3. The Morgan fingerprint density at radius 1 is 0.957 bits per heavy atom. The zero-order valence-electron chi connectivity index (χ0n) is 12.8. The van der Waals surface area contributed by atoms with Gasteiger partial charge in [0.1, 0.15) is 5.75 Å². The molecule has 2 aromatic carbocycles. The molecule has 23 heavy (non-hydrogen) atoms. The van der Waals surface area contributed by atoms with Crippen LogP contribution < -0.4 is 10.6 Å². The maximum Gasteiger partial charge on any atom is 0.251 e. The molecule has 0 aliphatic carbocycles. The number of aromatic hydroxyl groups is 1. The van der Waals surface area contributed by atoms with Crippen LogP contribution in [0.1, 0.15) is 22.3 Å². The molecule has 0 aromatic heterocycles. The summed E-state index contributed by atoms with van der Waals surface area (Å²) in [6.07, 6.45) is 1.53. The van der Waals surface area contributed by atoms with Crippen LogP contribution in [0.2, 0.25) is 0 Å². The van der Waals surface area contributed by atoms with E-state index in [-0.39, 0.29) is 24.1 Å². The number of phenolic OH excluding ortho intramolecular Hbond substituents is 1. The lowest BCUT2D eigenvalue weighted by Gasteiger charge is -2.07. The largest absolute Gasteiger partial charge is 0.508 e. The molecule has 5 heteroatoms. The van der Waals surface area contributed by atoms with Gasteiger partial charge in [-0.1, -0.05) is 30.3 Å². The third-order valence-corrected chi connectivity index (χ3v) is 3.32. The van der Waals surface area contributed by atoms with Gasteiger partial charge >= 0.3 is 0 Å². The van der Waals surface area contributed by atoms with Crippen molar-refractivity contribution in [3.63, 3.8) is 0 Å². The van der Waals surface area contributed by atoms with Crippen molar-refractivity contribution >= 4 is 11.8 Å². The van der Waals surface area contributed by atoms with E-state index in [2.05, 4.69) is 10.6 Å². The van der Waals surface area contributed by atoms with Crippen LogP contribution in [0.4, 0.5) is 0 Å². The SMILES string of the molecule is O=C(CNC(=O)c1ccccc1)NCCCc1cccc(O)c1. The molecule has 0 aliphatic heterocycles. The van der Waals surface area contributed by atoms with Crippen molar-refractivity contribution in [3.05, 3.63) is 65.7 Å². The molecule has 0 bridgehead atoms. The van der Waals surface area contributed by atoms with Crippen LogP contribution >= 0.6 is 0 Å². The Labute approximate surface area is 135 Å². The number of carbonyl (C=O) groups excluding carboxylic acids is 2. The molecule has 0 atom stereocenters. The lowest BCUT2D eigenvalue weighted by atomic mass is 10.1. The maximum atomic E-state index is 11.8. The molecule has 0 radical (unpaired) electrons. The van der Waals surface area contributed by atoms with Crippen molar-refractivity contribution in [1.82, 2.24) is 10.6 Å². The summed E-state index contributed by atoms with van der Waals surface area (Å²) in [4.78, 5) is 23.5. The van der Waals surface area contributed by atoms with Gasteiger partial charge in [-0.2, -0.15) is 0 Å². The smallest absolute Gasteiger partial charge is 0.251 e. The van der Waals surface area contributed by atoms with Crippen LogP contribution in [0.3, 0.4) is 0 Å². The molecule has 0 fully saturated rings. The first-order valence-electron chi connectivity index (χ1n) is 7.53. The number of rotatable bonds is 7. The van der Waals surface area contributed by atoms with E-state index in [1.165, 1.54) is 0 Å². The van der Waals surface area contributed by atoms with E-state index in [0.29, 0.717) is 12.1 Å². The van der Waals surface area contributed by atoms with E-state index in [1.54, 1.807) is 42.5 Å². The van der Waals surface area contributed by atoms with E-state index in [9.17, 15) is 14.7 Å². The first kappa shape index (κ1) is 16.5. The van der Waals surface area contributed by atoms with Crippen molar-refractivity contribution in [2.45, 2.75) is 12.8 Å². The second kappa shape index (κ2) is 8.58. The number of benzene rings is 2. The summed E-state index contributed by atoms with van der Waals surface area (Å²) in [5, 5.41) is 14.7. The predicted molar refractivity (Wildman–Crippen MR) is 88.2 cm³/mol. The number of amides is 2. The molecule has 0 unspecified atom stereocenters. The maximum absolute atomic E-state index is 11.8. The highest BCUT2D eigenvalue weighted by molar-refractivity contribution is 5.96. The molecule has 0 heterocycles. The second-order valence-electron chi connectivity index (χ2n) is 5.17. The summed E-state index contributed by atoms with van der Waals surface area (Å²) in [6.45, 7) is 0.482. The first-order valence-corrected chi connectivity index (χ1v) is 7.53. The summed E-state index contributed by atoms with van der Waals surface area (Å²) in [7, 11) is 0. The summed E-state index contributed by atoms with van der Waals surface area (Å²) in [6, 6.07) is 15.8. The van der Waals surface area contributed by atoms with E-state index in [1.807, 2.05) is 12.1 Å². The van der Waals surface area contributed by atoms with Crippen molar-refractivity contribution in [1.29, 1.82) is 0 Å². The molecule has 2 rings (SSSR count). The minimum atomic E-state index is -0.263. The van der Waals surface area contributed by atoms with Gasteiger partial charge in [-0.05, 0) is 42.7 Å². The molecule has 5 nitrogen and oxygen atoms in total. The number of carbonyl (C=O) groups is 2. The third-order valence-electron chi connectivity index (χ3n) is 3.32. The normalized spacial score (nSPS) is 10.1. The van der Waals surface area contributed by atoms with Gasteiger partial charge in [0.2, 0.25) is 5.91 Å². The molecule has 120 valence electrons. The standard InChI is InChI=1S/C18H20N2O3/c21-16-10-4-6-14(12-16)7-5-11-19-17(22)13-20-18(23)15-8-2-1-3-9-15/h1-4,6,8-10,12,21H,5,7,11,13H2,(H,19,22)(H,20,23). The second-order valence-corrected chi connectivity index (χ2v) is 5.17. The van der Waals surface area contributed by atoms with Gasteiger partial charge in [0.25, 0.3) is 5.91 Å². The van der Waals surface area contributed by atoms with Crippen molar-refractivity contribution in [2.24, 2.45) is 0 Å². The Hall–Kier alpha value is -2.82. The van der Waals surface area contributed by atoms with E-state index in [0.717, 1.165) is 18.4 Å².